The molecule has 0 unspecified atom stereocenters. The molecule has 5 nitrogen and oxygen atoms in total. The molecule has 0 aliphatic carbocycles. The fourth-order valence-electron chi connectivity index (χ4n) is 1.88. The molecule has 1 aromatic carbocycles. The van der Waals surface area contributed by atoms with Gasteiger partial charge in [0.2, 0.25) is 6.79 Å². The predicted octanol–water partition coefficient (Wildman–Crippen LogP) is 2.18. The van der Waals surface area contributed by atoms with E-state index in [4.69, 9.17) is 21.1 Å². The van der Waals surface area contributed by atoms with Gasteiger partial charge in [0.1, 0.15) is 16.7 Å². The Bertz CT molecular complexity index is 583. The van der Waals surface area contributed by atoms with Crippen molar-refractivity contribution in [1.29, 1.82) is 0 Å². The van der Waals surface area contributed by atoms with Crippen LogP contribution in [0.1, 0.15) is 5.82 Å². The fraction of sp³-hybridized carbons (Fsp3) is 0.250. The van der Waals surface area contributed by atoms with Crippen LogP contribution in [0.2, 0.25) is 5.15 Å². The van der Waals surface area contributed by atoms with Gasteiger partial charge in [-0.15, -0.1) is 0 Å². The maximum atomic E-state index is 6.15. The Morgan fingerprint density at radius 2 is 2.22 bits per heavy atom. The highest BCUT2D eigenvalue weighted by Crippen LogP contribution is 2.37. The second-order valence-electron chi connectivity index (χ2n) is 3.94. The summed E-state index contributed by atoms with van der Waals surface area (Å²) in [5, 5.41) is 3.55. The van der Waals surface area contributed by atoms with Gasteiger partial charge in [0.05, 0.1) is 6.54 Å². The van der Waals surface area contributed by atoms with Crippen LogP contribution >= 0.6 is 11.6 Å². The number of benzene rings is 1. The van der Waals surface area contributed by atoms with Gasteiger partial charge < -0.3 is 19.8 Å². The lowest BCUT2D eigenvalue weighted by Gasteiger charge is -2.00. The van der Waals surface area contributed by atoms with Crippen molar-refractivity contribution < 1.29 is 9.47 Å². The Morgan fingerprint density at radius 1 is 1.39 bits per heavy atom. The first-order chi connectivity index (χ1) is 8.78. The third kappa shape index (κ3) is 1.91. The van der Waals surface area contributed by atoms with Gasteiger partial charge >= 0.3 is 0 Å². The number of ether oxygens (including phenoxy) is 2. The van der Waals surface area contributed by atoms with Crippen molar-refractivity contribution in [1.82, 2.24) is 15.3 Å². The van der Waals surface area contributed by atoms with Crippen LogP contribution in [0.3, 0.4) is 0 Å². The van der Waals surface area contributed by atoms with Gasteiger partial charge in [-0.25, -0.2) is 4.98 Å². The van der Waals surface area contributed by atoms with Crippen molar-refractivity contribution in [3.05, 3.63) is 29.2 Å². The molecule has 0 radical (unpaired) electrons. The standard InChI is InChI=1S/C12H12ClN3O2/c1-14-5-10-15-11(12(13)16-10)7-2-3-8-9(4-7)18-6-17-8/h2-4,14H,5-6H2,1H3,(H,15,16). The van der Waals surface area contributed by atoms with Crippen molar-refractivity contribution in [3.63, 3.8) is 0 Å². The van der Waals surface area contributed by atoms with E-state index in [0.717, 1.165) is 28.6 Å². The van der Waals surface area contributed by atoms with Crippen LogP contribution in [0.5, 0.6) is 11.5 Å². The van der Waals surface area contributed by atoms with Gasteiger partial charge in [-0.3, -0.25) is 0 Å². The molecule has 1 aliphatic rings. The summed E-state index contributed by atoms with van der Waals surface area (Å²) in [4.78, 5) is 7.48. The number of fused-ring (bicyclic) bond motifs is 1. The fourth-order valence-corrected chi connectivity index (χ4v) is 2.14. The third-order valence-electron chi connectivity index (χ3n) is 2.70. The van der Waals surface area contributed by atoms with E-state index < -0.39 is 0 Å². The lowest BCUT2D eigenvalue weighted by molar-refractivity contribution is 0.174. The van der Waals surface area contributed by atoms with Crippen LogP contribution in [-0.4, -0.2) is 23.8 Å². The number of hydrogen-bond donors (Lipinski definition) is 2. The molecule has 2 heterocycles. The lowest BCUT2D eigenvalue weighted by atomic mass is 10.1. The number of nitrogens with zero attached hydrogens (tertiary/aromatic N) is 1. The molecule has 0 saturated heterocycles. The molecule has 0 amide bonds. The van der Waals surface area contributed by atoms with Crippen LogP contribution in [0, 0.1) is 0 Å². The van der Waals surface area contributed by atoms with Crippen molar-refractivity contribution in [2.24, 2.45) is 0 Å². The van der Waals surface area contributed by atoms with E-state index in [1.165, 1.54) is 0 Å². The molecule has 1 aromatic heterocycles. The molecule has 0 spiro atoms. The Balaban J connectivity index is 1.99. The lowest BCUT2D eigenvalue weighted by Crippen LogP contribution is -2.06. The Labute approximate surface area is 109 Å². The summed E-state index contributed by atoms with van der Waals surface area (Å²) in [6.45, 7) is 0.905. The van der Waals surface area contributed by atoms with Crippen molar-refractivity contribution in [3.8, 4) is 22.8 Å². The molecule has 94 valence electrons. The molecular weight excluding hydrogens is 254 g/mol. The Morgan fingerprint density at radius 3 is 3.06 bits per heavy atom. The Kier molecular flexibility index (Phi) is 2.85. The molecule has 3 rings (SSSR count). The molecule has 0 saturated carbocycles. The maximum absolute atomic E-state index is 6.15. The zero-order chi connectivity index (χ0) is 12.5. The highest BCUT2D eigenvalue weighted by molar-refractivity contribution is 6.31. The average Bonchev–Trinajstić information content (AvgIpc) is 2.95. The number of aromatic nitrogens is 2. The normalized spacial score (nSPS) is 13.0. The smallest absolute Gasteiger partial charge is 0.231 e. The first-order valence-corrected chi connectivity index (χ1v) is 5.94. The van der Waals surface area contributed by atoms with Crippen molar-refractivity contribution in [2.75, 3.05) is 13.8 Å². The molecule has 18 heavy (non-hydrogen) atoms. The SMILES string of the molecule is CNCc1nc(-c2ccc3c(c2)OCO3)c(Cl)[nH]1. The van der Waals surface area contributed by atoms with Crippen LogP contribution in [-0.2, 0) is 6.54 Å². The number of hydrogen-bond acceptors (Lipinski definition) is 4. The maximum Gasteiger partial charge on any atom is 0.231 e. The highest BCUT2D eigenvalue weighted by atomic mass is 35.5. The zero-order valence-corrected chi connectivity index (χ0v) is 10.5. The van der Waals surface area contributed by atoms with E-state index in [2.05, 4.69) is 15.3 Å². The van der Waals surface area contributed by atoms with Crippen LogP contribution in [0.4, 0.5) is 0 Å². The van der Waals surface area contributed by atoms with E-state index in [1.54, 1.807) is 0 Å². The van der Waals surface area contributed by atoms with E-state index >= 15 is 0 Å². The van der Waals surface area contributed by atoms with Crippen molar-refractivity contribution in [2.45, 2.75) is 6.54 Å². The second-order valence-corrected chi connectivity index (χ2v) is 4.32. The predicted molar refractivity (Wildman–Crippen MR) is 67.9 cm³/mol. The summed E-state index contributed by atoms with van der Waals surface area (Å²) >= 11 is 6.15. The number of halogens is 1. The first-order valence-electron chi connectivity index (χ1n) is 5.57. The van der Waals surface area contributed by atoms with E-state index in [9.17, 15) is 0 Å². The third-order valence-corrected chi connectivity index (χ3v) is 2.97. The number of aromatic amines is 1. The summed E-state index contributed by atoms with van der Waals surface area (Å²) in [7, 11) is 1.86. The summed E-state index contributed by atoms with van der Waals surface area (Å²) in [6, 6.07) is 5.66. The molecule has 1 aliphatic heterocycles. The highest BCUT2D eigenvalue weighted by Gasteiger charge is 2.17. The monoisotopic (exact) mass is 265 g/mol. The first kappa shape index (κ1) is 11.4. The minimum atomic E-state index is 0.262. The Hall–Kier alpha value is -1.72. The van der Waals surface area contributed by atoms with Gasteiger partial charge in [-0.1, -0.05) is 11.6 Å². The molecule has 6 heteroatoms. The van der Waals surface area contributed by atoms with E-state index in [-0.39, 0.29) is 6.79 Å². The van der Waals surface area contributed by atoms with Crippen LogP contribution < -0.4 is 14.8 Å². The van der Waals surface area contributed by atoms with Crippen LogP contribution in [0.15, 0.2) is 18.2 Å². The average molecular weight is 266 g/mol. The summed E-state index contributed by atoms with van der Waals surface area (Å²) in [5.41, 5.74) is 1.63. The zero-order valence-electron chi connectivity index (χ0n) is 9.79. The molecule has 2 N–H and O–H groups in total. The van der Waals surface area contributed by atoms with Gasteiger partial charge in [-0.2, -0.15) is 0 Å². The minimum Gasteiger partial charge on any atom is -0.454 e. The number of nitrogens with one attached hydrogen (secondary N) is 2. The van der Waals surface area contributed by atoms with Gasteiger partial charge in [-0.05, 0) is 25.2 Å². The van der Waals surface area contributed by atoms with E-state index in [0.29, 0.717) is 11.7 Å². The van der Waals surface area contributed by atoms with Crippen LogP contribution in [0.25, 0.3) is 11.3 Å². The largest absolute Gasteiger partial charge is 0.454 e. The van der Waals surface area contributed by atoms with Gasteiger partial charge in [0, 0.05) is 5.56 Å². The second kappa shape index (κ2) is 4.51. The topological polar surface area (TPSA) is 59.2 Å². The van der Waals surface area contributed by atoms with Gasteiger partial charge in [0.25, 0.3) is 0 Å². The molecule has 0 bridgehead atoms. The summed E-state index contributed by atoms with van der Waals surface area (Å²) in [5.74, 6) is 2.28. The number of H-pyrrole nitrogens is 1. The summed E-state index contributed by atoms with van der Waals surface area (Å²) < 4.78 is 10.6. The summed E-state index contributed by atoms with van der Waals surface area (Å²) in [6.07, 6.45) is 0. The number of rotatable bonds is 3. The molecular formula is C12H12ClN3O2. The molecule has 2 aromatic rings. The molecule has 0 fully saturated rings. The van der Waals surface area contributed by atoms with E-state index in [1.807, 2.05) is 25.2 Å². The quantitative estimate of drug-likeness (QED) is 0.893. The number of imidazole rings is 1. The molecule has 0 atom stereocenters. The minimum absolute atomic E-state index is 0.262. The van der Waals surface area contributed by atoms with Gasteiger partial charge in [0.15, 0.2) is 11.5 Å². The van der Waals surface area contributed by atoms with Crippen molar-refractivity contribution >= 4 is 11.6 Å².